The van der Waals surface area contributed by atoms with Crippen molar-refractivity contribution in [1.82, 2.24) is 4.98 Å². The third kappa shape index (κ3) is 3.04. The summed E-state index contributed by atoms with van der Waals surface area (Å²) in [4.78, 5) is 23.4. The molecule has 1 saturated heterocycles. The quantitative estimate of drug-likeness (QED) is 0.572. The number of para-hydroxylation sites is 1. The SMILES string of the molecule is CC1=NN(c2ccccc2)C(=O)C12Cc1ccc(Cl)cc1N1CCN(c3ccccn3)CC12. The number of hydrazone groups is 1. The number of carbonyl (C=O) groups is 1. The van der Waals surface area contributed by atoms with Gasteiger partial charge in [0.15, 0.2) is 0 Å². The fourth-order valence-corrected chi connectivity index (χ4v) is 5.74. The van der Waals surface area contributed by atoms with E-state index in [0.717, 1.165) is 41.6 Å². The average Bonchev–Trinajstić information content (AvgIpc) is 3.11. The molecule has 3 aliphatic heterocycles. The Labute approximate surface area is 198 Å². The molecule has 3 aliphatic rings. The van der Waals surface area contributed by atoms with E-state index in [1.165, 1.54) is 0 Å². The van der Waals surface area contributed by atoms with E-state index >= 15 is 0 Å². The van der Waals surface area contributed by atoms with Gasteiger partial charge in [-0.1, -0.05) is 41.9 Å². The summed E-state index contributed by atoms with van der Waals surface area (Å²) in [5, 5.41) is 7.11. The number of piperazine rings is 1. The molecular formula is C26H24ClN5O. The van der Waals surface area contributed by atoms with Crippen LogP contribution in [0.5, 0.6) is 0 Å². The van der Waals surface area contributed by atoms with Gasteiger partial charge < -0.3 is 9.80 Å². The third-order valence-electron chi connectivity index (χ3n) is 7.22. The molecule has 33 heavy (non-hydrogen) atoms. The molecule has 1 spiro atoms. The standard InChI is InChI=1S/C26H24ClN5O/c1-18-26(25(33)32(29-18)21-7-3-2-4-8-21)16-19-10-11-20(27)15-22(19)31-14-13-30(17-23(26)31)24-9-5-6-12-28-24/h2-12,15,23H,13-14,16-17H2,1H3. The number of halogens is 1. The number of anilines is 3. The van der Waals surface area contributed by atoms with Crippen molar-refractivity contribution in [3.8, 4) is 0 Å². The minimum Gasteiger partial charge on any atom is -0.363 e. The Morgan fingerprint density at radius 2 is 1.85 bits per heavy atom. The van der Waals surface area contributed by atoms with Crippen LogP contribution < -0.4 is 14.8 Å². The normalized spacial score (nSPS) is 24.1. The zero-order chi connectivity index (χ0) is 22.6. The van der Waals surface area contributed by atoms with Crippen molar-refractivity contribution in [2.75, 3.05) is 34.4 Å². The summed E-state index contributed by atoms with van der Waals surface area (Å²) in [6.07, 6.45) is 2.42. The van der Waals surface area contributed by atoms with Crippen LogP contribution in [0.2, 0.25) is 5.02 Å². The third-order valence-corrected chi connectivity index (χ3v) is 7.45. The second-order valence-electron chi connectivity index (χ2n) is 8.90. The number of amides is 1. The van der Waals surface area contributed by atoms with Gasteiger partial charge in [0.05, 0.1) is 17.4 Å². The lowest BCUT2D eigenvalue weighted by Crippen LogP contribution is -2.67. The lowest BCUT2D eigenvalue weighted by molar-refractivity contribution is -0.125. The highest BCUT2D eigenvalue weighted by atomic mass is 35.5. The molecule has 4 heterocycles. The van der Waals surface area contributed by atoms with E-state index in [0.29, 0.717) is 18.0 Å². The number of rotatable bonds is 2. The van der Waals surface area contributed by atoms with Gasteiger partial charge in [0.25, 0.3) is 5.91 Å². The summed E-state index contributed by atoms with van der Waals surface area (Å²) in [6, 6.07) is 21.6. The molecule has 0 bridgehead atoms. The minimum atomic E-state index is -0.746. The molecule has 2 atom stereocenters. The van der Waals surface area contributed by atoms with Crippen LogP contribution in [0, 0.1) is 5.41 Å². The maximum absolute atomic E-state index is 14.2. The van der Waals surface area contributed by atoms with Crippen LogP contribution in [0.4, 0.5) is 17.2 Å². The number of aromatic nitrogens is 1. The summed E-state index contributed by atoms with van der Waals surface area (Å²) in [7, 11) is 0. The second-order valence-corrected chi connectivity index (χ2v) is 9.34. The maximum atomic E-state index is 14.2. The average molecular weight is 458 g/mol. The van der Waals surface area contributed by atoms with Gasteiger partial charge in [0.1, 0.15) is 11.2 Å². The van der Waals surface area contributed by atoms with Gasteiger partial charge in [0.2, 0.25) is 0 Å². The van der Waals surface area contributed by atoms with Crippen molar-refractivity contribution in [1.29, 1.82) is 0 Å². The molecule has 0 saturated carbocycles. The van der Waals surface area contributed by atoms with E-state index in [4.69, 9.17) is 16.7 Å². The summed E-state index contributed by atoms with van der Waals surface area (Å²) < 4.78 is 0. The van der Waals surface area contributed by atoms with Crippen LogP contribution in [-0.4, -0.2) is 42.3 Å². The molecule has 0 aliphatic carbocycles. The highest BCUT2D eigenvalue weighted by Crippen LogP contribution is 2.48. The fourth-order valence-electron chi connectivity index (χ4n) is 5.57. The van der Waals surface area contributed by atoms with Crippen molar-refractivity contribution < 1.29 is 4.79 Å². The van der Waals surface area contributed by atoms with Crippen molar-refractivity contribution in [2.24, 2.45) is 10.5 Å². The molecule has 3 aromatic rings. The lowest BCUT2D eigenvalue weighted by atomic mass is 9.67. The number of pyridine rings is 1. The van der Waals surface area contributed by atoms with Gasteiger partial charge in [0, 0.05) is 36.5 Å². The molecule has 6 rings (SSSR count). The lowest BCUT2D eigenvalue weighted by Gasteiger charge is -2.53. The topological polar surface area (TPSA) is 52.0 Å². The molecular weight excluding hydrogens is 434 g/mol. The Morgan fingerprint density at radius 3 is 2.64 bits per heavy atom. The summed E-state index contributed by atoms with van der Waals surface area (Å²) in [5.74, 6) is 0.966. The van der Waals surface area contributed by atoms with Gasteiger partial charge in [-0.25, -0.2) is 4.98 Å². The van der Waals surface area contributed by atoms with Crippen molar-refractivity contribution in [3.63, 3.8) is 0 Å². The Hall–Kier alpha value is -3.38. The second kappa shape index (κ2) is 7.59. The predicted octanol–water partition coefficient (Wildman–Crippen LogP) is 4.40. The number of hydrogen-bond acceptors (Lipinski definition) is 5. The molecule has 6 nitrogen and oxygen atoms in total. The van der Waals surface area contributed by atoms with Crippen molar-refractivity contribution in [2.45, 2.75) is 19.4 Å². The predicted molar refractivity (Wildman–Crippen MR) is 132 cm³/mol. The first-order valence-corrected chi connectivity index (χ1v) is 11.6. The van der Waals surface area contributed by atoms with Crippen molar-refractivity contribution in [3.05, 3.63) is 83.5 Å². The number of fused-ring (bicyclic) bond motifs is 4. The molecule has 2 unspecified atom stereocenters. The monoisotopic (exact) mass is 457 g/mol. The number of carbonyl (C=O) groups excluding carboxylic acids is 1. The minimum absolute atomic E-state index is 0.0321. The molecule has 7 heteroatoms. The van der Waals surface area contributed by atoms with Gasteiger partial charge >= 0.3 is 0 Å². The molecule has 2 aromatic carbocycles. The van der Waals surface area contributed by atoms with Crippen LogP contribution in [0.3, 0.4) is 0 Å². The Bertz CT molecular complexity index is 1250. The Kier molecular flexibility index (Phi) is 4.66. The molecule has 1 fully saturated rings. The number of nitrogens with zero attached hydrogens (tertiary/aromatic N) is 5. The van der Waals surface area contributed by atoms with Crippen LogP contribution in [0.1, 0.15) is 12.5 Å². The largest absolute Gasteiger partial charge is 0.363 e. The maximum Gasteiger partial charge on any atom is 0.261 e. The van der Waals surface area contributed by atoms with Crippen LogP contribution >= 0.6 is 11.6 Å². The van der Waals surface area contributed by atoms with Crippen LogP contribution in [0.25, 0.3) is 0 Å². The zero-order valence-electron chi connectivity index (χ0n) is 18.4. The summed E-state index contributed by atoms with van der Waals surface area (Å²) in [6.45, 7) is 4.29. The first-order valence-electron chi connectivity index (χ1n) is 11.2. The van der Waals surface area contributed by atoms with E-state index in [-0.39, 0.29) is 11.9 Å². The summed E-state index contributed by atoms with van der Waals surface area (Å²) in [5.41, 5.74) is 3.17. The zero-order valence-corrected chi connectivity index (χ0v) is 19.1. The van der Waals surface area contributed by atoms with E-state index in [9.17, 15) is 4.79 Å². The van der Waals surface area contributed by atoms with Gasteiger partial charge in [-0.3, -0.25) is 4.79 Å². The fraction of sp³-hybridized carbons (Fsp3) is 0.269. The van der Waals surface area contributed by atoms with Gasteiger partial charge in [-0.2, -0.15) is 10.1 Å². The molecule has 1 amide bonds. The Balaban J connectivity index is 1.47. The van der Waals surface area contributed by atoms with E-state index in [2.05, 4.69) is 20.9 Å². The van der Waals surface area contributed by atoms with E-state index < -0.39 is 5.41 Å². The van der Waals surface area contributed by atoms with Crippen LogP contribution in [-0.2, 0) is 11.2 Å². The molecule has 0 N–H and O–H groups in total. The highest BCUT2D eigenvalue weighted by molar-refractivity contribution is 6.31. The highest BCUT2D eigenvalue weighted by Gasteiger charge is 2.60. The number of hydrogen-bond donors (Lipinski definition) is 0. The summed E-state index contributed by atoms with van der Waals surface area (Å²) >= 11 is 6.40. The molecule has 0 radical (unpaired) electrons. The van der Waals surface area contributed by atoms with E-state index in [1.807, 2.05) is 73.8 Å². The van der Waals surface area contributed by atoms with Crippen LogP contribution in [0.15, 0.2) is 78.0 Å². The first-order chi connectivity index (χ1) is 16.1. The first kappa shape index (κ1) is 20.2. The smallest absolute Gasteiger partial charge is 0.261 e. The van der Waals surface area contributed by atoms with E-state index in [1.54, 1.807) is 5.01 Å². The molecule has 166 valence electrons. The number of benzene rings is 2. The Morgan fingerprint density at radius 1 is 1.03 bits per heavy atom. The van der Waals surface area contributed by atoms with Gasteiger partial charge in [-0.15, -0.1) is 0 Å². The molecule has 1 aromatic heterocycles. The van der Waals surface area contributed by atoms with Crippen molar-refractivity contribution >= 4 is 40.4 Å². The van der Waals surface area contributed by atoms with Gasteiger partial charge in [-0.05, 0) is 55.3 Å².